The third-order valence-electron chi connectivity index (χ3n) is 6.63. The third-order valence-corrected chi connectivity index (χ3v) is 8.80. The van der Waals surface area contributed by atoms with Crippen LogP contribution in [0.15, 0.2) is 115 Å². The standard InChI is InChI=1S/C35H36Cl2N2O3S/c1-34(2,3)42-33(41)38-31(37)32(40)39(30-22-13-21-29(36)25-30)23-14-24-43-35(26-15-7-4-8-16-26,27-17-9-5-10-18-27)28-19-11-6-12-20-28/h4-13,15-22,25,31H,14,23-24H2,1-3H3,(H,38,41). The number of halogens is 2. The van der Waals surface area contributed by atoms with E-state index >= 15 is 0 Å². The number of ether oxygens (including phenoxy) is 1. The van der Waals surface area contributed by atoms with Crippen molar-refractivity contribution in [1.29, 1.82) is 0 Å². The summed E-state index contributed by atoms with van der Waals surface area (Å²) < 4.78 is 4.83. The first-order valence-corrected chi connectivity index (χ1v) is 15.9. The molecule has 0 aromatic heterocycles. The monoisotopic (exact) mass is 634 g/mol. The Hall–Kier alpha value is -3.45. The molecule has 0 radical (unpaired) electrons. The fourth-order valence-electron chi connectivity index (χ4n) is 4.84. The molecule has 1 unspecified atom stereocenters. The molecule has 4 aromatic carbocycles. The number of benzene rings is 4. The number of hydrogen-bond acceptors (Lipinski definition) is 4. The van der Waals surface area contributed by atoms with Gasteiger partial charge in [0.2, 0.25) is 0 Å². The van der Waals surface area contributed by atoms with Gasteiger partial charge in [0, 0.05) is 17.3 Å². The maximum Gasteiger partial charge on any atom is 0.409 e. The highest BCUT2D eigenvalue weighted by molar-refractivity contribution is 8.00. The summed E-state index contributed by atoms with van der Waals surface area (Å²) in [6, 6.07) is 38.5. The summed E-state index contributed by atoms with van der Waals surface area (Å²) in [5.41, 5.74) is 2.06. The molecule has 0 aliphatic rings. The Kier molecular flexibility index (Phi) is 11.2. The summed E-state index contributed by atoms with van der Waals surface area (Å²) in [5, 5.41) is 2.95. The lowest BCUT2D eigenvalue weighted by Gasteiger charge is -2.36. The molecule has 0 bridgehead atoms. The predicted octanol–water partition coefficient (Wildman–Crippen LogP) is 8.88. The van der Waals surface area contributed by atoms with Gasteiger partial charge in [-0.05, 0) is 67.8 Å². The van der Waals surface area contributed by atoms with Crippen LogP contribution in [-0.2, 0) is 14.3 Å². The Morgan fingerprint density at radius 3 is 1.79 bits per heavy atom. The number of hydrogen-bond donors (Lipinski definition) is 1. The predicted molar refractivity (Wildman–Crippen MR) is 179 cm³/mol. The summed E-state index contributed by atoms with van der Waals surface area (Å²) in [6.07, 6.45) is -0.117. The van der Waals surface area contributed by atoms with E-state index in [0.717, 1.165) is 5.75 Å². The van der Waals surface area contributed by atoms with Crippen molar-refractivity contribution >= 4 is 52.7 Å². The fourth-order valence-corrected chi connectivity index (χ4v) is 6.72. The normalized spacial score (nSPS) is 12.3. The molecule has 0 fully saturated rings. The van der Waals surface area contributed by atoms with Crippen molar-refractivity contribution in [1.82, 2.24) is 5.32 Å². The van der Waals surface area contributed by atoms with E-state index in [9.17, 15) is 9.59 Å². The lowest BCUT2D eigenvalue weighted by Crippen LogP contribution is -2.47. The molecule has 5 nitrogen and oxygen atoms in total. The van der Waals surface area contributed by atoms with E-state index in [1.807, 2.05) is 30.0 Å². The van der Waals surface area contributed by atoms with E-state index in [-0.39, 0.29) is 0 Å². The second-order valence-electron chi connectivity index (χ2n) is 11.0. The molecule has 0 saturated carbocycles. The van der Waals surface area contributed by atoms with Gasteiger partial charge in [-0.15, -0.1) is 11.8 Å². The Morgan fingerprint density at radius 1 is 0.814 bits per heavy atom. The van der Waals surface area contributed by atoms with Gasteiger partial charge >= 0.3 is 6.09 Å². The quantitative estimate of drug-likeness (QED) is 0.0774. The van der Waals surface area contributed by atoms with Crippen LogP contribution in [0.2, 0.25) is 5.02 Å². The van der Waals surface area contributed by atoms with Crippen molar-refractivity contribution in [2.45, 2.75) is 43.0 Å². The molecule has 224 valence electrons. The third kappa shape index (κ3) is 8.56. The summed E-state index contributed by atoms with van der Waals surface area (Å²) >= 11 is 14.5. The first-order chi connectivity index (χ1) is 20.6. The zero-order chi connectivity index (χ0) is 30.9. The van der Waals surface area contributed by atoms with Gasteiger partial charge in [0.25, 0.3) is 5.91 Å². The zero-order valence-electron chi connectivity index (χ0n) is 24.5. The van der Waals surface area contributed by atoms with Crippen LogP contribution in [0.1, 0.15) is 43.9 Å². The summed E-state index contributed by atoms with van der Waals surface area (Å²) in [5.74, 6) is 0.246. The SMILES string of the molecule is CC(C)(C)OC(=O)NC(Cl)C(=O)N(CCCSC(c1ccccc1)(c1ccccc1)c1ccccc1)c1cccc(Cl)c1. The second kappa shape index (κ2) is 14.8. The summed E-state index contributed by atoms with van der Waals surface area (Å²) in [6.45, 7) is 5.59. The van der Waals surface area contributed by atoms with Crippen molar-refractivity contribution < 1.29 is 14.3 Å². The minimum Gasteiger partial charge on any atom is -0.444 e. The van der Waals surface area contributed by atoms with Gasteiger partial charge in [-0.25, -0.2) is 4.79 Å². The van der Waals surface area contributed by atoms with Crippen LogP contribution >= 0.6 is 35.0 Å². The molecule has 43 heavy (non-hydrogen) atoms. The second-order valence-corrected chi connectivity index (χ2v) is 13.1. The fraction of sp³-hybridized carbons (Fsp3) is 0.257. The minimum atomic E-state index is -1.32. The van der Waals surface area contributed by atoms with E-state index in [0.29, 0.717) is 23.7 Å². The van der Waals surface area contributed by atoms with Gasteiger partial charge in [-0.2, -0.15) is 0 Å². The summed E-state index contributed by atoms with van der Waals surface area (Å²) in [7, 11) is 0. The first kappa shape index (κ1) is 32.5. The van der Waals surface area contributed by atoms with Crippen LogP contribution in [0.25, 0.3) is 0 Å². The number of nitrogens with one attached hydrogen (secondary N) is 1. The molecule has 0 aliphatic heterocycles. The Labute approximate surface area is 268 Å². The molecule has 4 rings (SSSR count). The number of carbonyl (C=O) groups is 2. The van der Waals surface area contributed by atoms with E-state index in [4.69, 9.17) is 27.9 Å². The first-order valence-electron chi connectivity index (χ1n) is 14.1. The smallest absolute Gasteiger partial charge is 0.409 e. The summed E-state index contributed by atoms with van der Waals surface area (Å²) in [4.78, 5) is 27.5. The number of carbonyl (C=O) groups excluding carboxylic acids is 2. The molecular weight excluding hydrogens is 599 g/mol. The molecule has 0 aliphatic carbocycles. The number of anilines is 1. The van der Waals surface area contributed by atoms with E-state index < -0.39 is 27.8 Å². The lowest BCUT2D eigenvalue weighted by molar-refractivity contribution is -0.118. The number of alkyl carbamates (subject to hydrolysis) is 1. The highest BCUT2D eigenvalue weighted by atomic mass is 35.5. The largest absolute Gasteiger partial charge is 0.444 e. The van der Waals surface area contributed by atoms with Crippen molar-refractivity contribution in [3.05, 3.63) is 137 Å². The average molecular weight is 636 g/mol. The molecule has 0 spiro atoms. The van der Waals surface area contributed by atoms with Gasteiger partial charge in [-0.1, -0.05) is 120 Å². The van der Waals surface area contributed by atoms with Gasteiger partial charge in [-0.3, -0.25) is 10.1 Å². The lowest BCUT2D eigenvalue weighted by atomic mass is 9.84. The van der Waals surface area contributed by atoms with Crippen LogP contribution in [0, 0.1) is 0 Å². The highest BCUT2D eigenvalue weighted by Gasteiger charge is 2.37. The highest BCUT2D eigenvalue weighted by Crippen LogP contribution is 2.48. The van der Waals surface area contributed by atoms with Crippen molar-refractivity contribution in [3.8, 4) is 0 Å². The van der Waals surface area contributed by atoms with Crippen molar-refractivity contribution in [2.24, 2.45) is 0 Å². The van der Waals surface area contributed by atoms with Gasteiger partial charge in [0.15, 0.2) is 5.50 Å². The number of amides is 2. The van der Waals surface area contributed by atoms with Crippen LogP contribution in [-0.4, -0.2) is 35.4 Å². The van der Waals surface area contributed by atoms with Crippen LogP contribution in [0.5, 0.6) is 0 Å². The number of alkyl halides is 1. The number of nitrogens with zero attached hydrogens (tertiary/aromatic N) is 1. The van der Waals surface area contributed by atoms with Crippen LogP contribution < -0.4 is 10.2 Å². The number of thioether (sulfide) groups is 1. The molecule has 0 saturated heterocycles. The van der Waals surface area contributed by atoms with Gasteiger partial charge < -0.3 is 9.64 Å². The molecular formula is C35H36Cl2N2O3S. The van der Waals surface area contributed by atoms with E-state index in [1.54, 1.807) is 49.9 Å². The maximum absolute atomic E-state index is 13.6. The average Bonchev–Trinajstić information content (AvgIpc) is 2.99. The Balaban J connectivity index is 1.59. The Bertz CT molecular complexity index is 1380. The number of rotatable bonds is 11. The topological polar surface area (TPSA) is 58.6 Å². The minimum absolute atomic E-state index is 0.361. The van der Waals surface area contributed by atoms with Crippen molar-refractivity contribution in [2.75, 3.05) is 17.2 Å². The molecule has 8 heteroatoms. The zero-order valence-corrected chi connectivity index (χ0v) is 26.8. The van der Waals surface area contributed by atoms with Crippen molar-refractivity contribution in [3.63, 3.8) is 0 Å². The molecule has 2 amide bonds. The van der Waals surface area contributed by atoms with E-state index in [1.165, 1.54) is 16.7 Å². The van der Waals surface area contributed by atoms with Crippen LogP contribution in [0.4, 0.5) is 10.5 Å². The van der Waals surface area contributed by atoms with Gasteiger partial charge in [0.05, 0.1) is 4.75 Å². The molecule has 4 aromatic rings. The van der Waals surface area contributed by atoms with Crippen LogP contribution in [0.3, 0.4) is 0 Å². The molecule has 1 N–H and O–H groups in total. The molecule has 1 atom stereocenters. The Morgan fingerprint density at radius 2 is 1.33 bits per heavy atom. The maximum atomic E-state index is 13.6. The van der Waals surface area contributed by atoms with Gasteiger partial charge in [0.1, 0.15) is 5.60 Å². The van der Waals surface area contributed by atoms with E-state index in [2.05, 4.69) is 78.1 Å². The molecule has 0 heterocycles.